The van der Waals surface area contributed by atoms with Gasteiger partial charge in [0.2, 0.25) is 11.8 Å². The van der Waals surface area contributed by atoms with Gasteiger partial charge in [-0.05, 0) is 90.2 Å². The molecule has 1 aromatic carbocycles. The Morgan fingerprint density at radius 3 is 2.58 bits per heavy atom. The van der Waals surface area contributed by atoms with Crippen LogP contribution in [0.5, 0.6) is 11.5 Å². The van der Waals surface area contributed by atoms with Gasteiger partial charge in [0.1, 0.15) is 0 Å². The number of amides is 3. The zero-order valence-electron chi connectivity index (χ0n) is 23.4. The van der Waals surface area contributed by atoms with Crippen molar-refractivity contribution in [1.29, 1.82) is 0 Å². The van der Waals surface area contributed by atoms with Gasteiger partial charge in [0, 0.05) is 0 Å². The third-order valence-corrected chi connectivity index (χ3v) is 8.98. The number of fused-ring (bicyclic) bond motifs is 3. The Bertz CT molecular complexity index is 1230. The number of allylic oxidation sites excluding steroid dienone is 2. The maximum atomic E-state index is 13.4. The minimum absolute atomic E-state index is 0.115. The largest absolute Gasteiger partial charge is 0.504 e. The molecule has 2 aliphatic heterocycles. The van der Waals surface area contributed by atoms with Crippen molar-refractivity contribution in [1.82, 2.24) is 4.90 Å². The van der Waals surface area contributed by atoms with Crippen molar-refractivity contribution < 1.29 is 38.6 Å². The third-order valence-electron chi connectivity index (χ3n) is 8.16. The molecule has 1 aliphatic carbocycles. The summed E-state index contributed by atoms with van der Waals surface area (Å²) in [5, 5.41) is 21.0. The van der Waals surface area contributed by atoms with Gasteiger partial charge in [0.05, 0.1) is 35.7 Å². The number of likely N-dealkylation sites (tertiary alicyclic amines) is 1. The molecule has 0 spiro atoms. The number of nitrogens with zero attached hydrogens (tertiary/aromatic N) is 1. The summed E-state index contributed by atoms with van der Waals surface area (Å²) in [5.74, 6) is -2.24. The van der Waals surface area contributed by atoms with Crippen LogP contribution in [0.3, 0.4) is 0 Å². The van der Waals surface area contributed by atoms with Gasteiger partial charge in [-0.3, -0.25) is 9.59 Å². The number of phenolic OH excluding ortho intramolecular Hbond substituents is 1. The molecule has 0 aromatic heterocycles. The van der Waals surface area contributed by atoms with Crippen LogP contribution in [0.25, 0.3) is 6.08 Å². The highest BCUT2D eigenvalue weighted by Crippen LogP contribution is 2.51. The first kappa shape index (κ1) is 30.6. The maximum Gasteiger partial charge on any atom is 0.455 e. The van der Waals surface area contributed by atoms with Crippen molar-refractivity contribution in [3.8, 4) is 11.5 Å². The minimum Gasteiger partial charge on any atom is -0.504 e. The zero-order valence-corrected chi connectivity index (χ0v) is 25.6. The van der Waals surface area contributed by atoms with Crippen LogP contribution < -0.4 is 4.74 Å². The molecule has 216 valence electrons. The lowest BCUT2D eigenvalue weighted by atomic mass is 9.58. The average molecular weight is 665 g/mol. The van der Waals surface area contributed by atoms with Crippen molar-refractivity contribution in [2.45, 2.75) is 71.2 Å². The summed E-state index contributed by atoms with van der Waals surface area (Å²) in [6.45, 7) is 4.19. The van der Waals surface area contributed by atoms with Gasteiger partial charge >= 0.3 is 13.2 Å². The summed E-state index contributed by atoms with van der Waals surface area (Å²) >= 11 is 2.08. The lowest BCUT2D eigenvalue weighted by Gasteiger charge is -2.43. The molecule has 0 unspecified atom stereocenters. The topological polar surface area (TPSA) is 123 Å². The van der Waals surface area contributed by atoms with Gasteiger partial charge in [0.25, 0.3) is 0 Å². The lowest BCUT2D eigenvalue weighted by Crippen LogP contribution is -2.46. The van der Waals surface area contributed by atoms with Gasteiger partial charge in [-0.25, -0.2) is 4.79 Å². The molecule has 9 nitrogen and oxygen atoms in total. The number of benzene rings is 1. The van der Waals surface area contributed by atoms with Crippen LogP contribution in [0.1, 0.15) is 64.4 Å². The van der Waals surface area contributed by atoms with E-state index < -0.39 is 43.0 Å². The smallest absolute Gasteiger partial charge is 0.455 e. The van der Waals surface area contributed by atoms with E-state index in [9.17, 15) is 24.5 Å². The fourth-order valence-electron chi connectivity index (χ4n) is 6.55. The molecular weight excluding hydrogens is 628 g/mol. The van der Waals surface area contributed by atoms with E-state index >= 15 is 0 Å². The molecule has 0 bridgehead atoms. The summed E-state index contributed by atoms with van der Waals surface area (Å²) in [6, 6.07) is 3.72. The number of imide groups is 3. The molecule has 1 aromatic rings. The first-order chi connectivity index (χ1) is 19.1. The van der Waals surface area contributed by atoms with Crippen molar-refractivity contribution in [3.63, 3.8) is 0 Å². The number of methoxy groups -OCH3 is 2. The molecule has 4 atom stereocenters. The van der Waals surface area contributed by atoms with Crippen molar-refractivity contribution >= 4 is 53.7 Å². The first-order valence-electron chi connectivity index (χ1n) is 13.9. The standard InChI is InChI=1S/C29H37BINO8/c1-5-7-16(11-17-12-21(31)26(33)23(13-17)38-3)9-10-22-24-18(8-6-2)14-19-25(20(24)15-30(37)40-22)28(35)32(27(19)34)29(36)39-4/h11-13,19-20,22,25,33,37H,5-10,14-15H2,1-4H3/b16-11+/t19-,20+,22-,25-/m1/s1. The summed E-state index contributed by atoms with van der Waals surface area (Å²) in [6.07, 6.45) is 6.10. The number of hydrogen-bond acceptors (Lipinski definition) is 8. The van der Waals surface area contributed by atoms with Crippen LogP contribution in [-0.4, -0.2) is 60.4 Å². The molecule has 2 saturated heterocycles. The molecule has 4 rings (SSSR count). The molecular formula is C29H37BINO8. The summed E-state index contributed by atoms with van der Waals surface area (Å²) in [5.41, 5.74) is 4.23. The van der Waals surface area contributed by atoms with E-state index in [2.05, 4.69) is 42.5 Å². The molecule has 11 heteroatoms. The maximum absolute atomic E-state index is 13.4. The van der Waals surface area contributed by atoms with Crippen LogP contribution >= 0.6 is 22.6 Å². The van der Waals surface area contributed by atoms with E-state index in [1.165, 1.54) is 12.7 Å². The number of ether oxygens (including phenoxy) is 2. The van der Waals surface area contributed by atoms with Gasteiger partial charge in [-0.2, -0.15) is 4.90 Å². The van der Waals surface area contributed by atoms with Crippen LogP contribution in [-0.2, 0) is 19.0 Å². The Labute approximate surface area is 249 Å². The predicted octanol–water partition coefficient (Wildman–Crippen LogP) is 5.33. The summed E-state index contributed by atoms with van der Waals surface area (Å²) < 4.78 is 16.9. The van der Waals surface area contributed by atoms with Gasteiger partial charge < -0.3 is 24.3 Å². The Morgan fingerprint density at radius 1 is 1.18 bits per heavy atom. The van der Waals surface area contributed by atoms with E-state index in [1.54, 1.807) is 0 Å². The Balaban J connectivity index is 1.64. The quantitative estimate of drug-likeness (QED) is 0.157. The number of hydrogen-bond donors (Lipinski definition) is 2. The Hall–Kier alpha value is -2.38. The average Bonchev–Trinajstić information content (AvgIpc) is 3.17. The summed E-state index contributed by atoms with van der Waals surface area (Å²) in [4.78, 5) is 39.4. The first-order valence-corrected chi connectivity index (χ1v) is 15.0. The highest BCUT2D eigenvalue weighted by Gasteiger charge is 2.59. The fourth-order valence-corrected chi connectivity index (χ4v) is 7.17. The second-order valence-electron chi connectivity index (χ2n) is 10.7. The van der Waals surface area contributed by atoms with E-state index in [1.807, 2.05) is 12.1 Å². The van der Waals surface area contributed by atoms with E-state index in [0.29, 0.717) is 33.5 Å². The van der Waals surface area contributed by atoms with Crippen LogP contribution in [0, 0.1) is 21.3 Å². The van der Waals surface area contributed by atoms with Crippen LogP contribution in [0.15, 0.2) is 28.9 Å². The Morgan fingerprint density at radius 2 is 1.93 bits per heavy atom. The van der Waals surface area contributed by atoms with Gasteiger partial charge in [0.15, 0.2) is 11.5 Å². The summed E-state index contributed by atoms with van der Waals surface area (Å²) in [7, 11) is 1.61. The molecule has 0 radical (unpaired) electrons. The number of carbonyl (C=O) groups is 3. The van der Waals surface area contributed by atoms with E-state index in [0.717, 1.165) is 49.5 Å². The third kappa shape index (κ3) is 5.96. The molecule has 0 saturated carbocycles. The molecule has 40 heavy (non-hydrogen) atoms. The second-order valence-corrected chi connectivity index (χ2v) is 11.9. The molecule has 2 N–H and O–H groups in total. The van der Waals surface area contributed by atoms with E-state index in [-0.39, 0.29) is 18.0 Å². The van der Waals surface area contributed by atoms with Gasteiger partial charge in [-0.15, -0.1) is 0 Å². The number of aromatic hydroxyl groups is 1. The van der Waals surface area contributed by atoms with Crippen LogP contribution in [0.4, 0.5) is 4.79 Å². The zero-order chi connectivity index (χ0) is 29.1. The number of rotatable bonds is 9. The number of halogens is 1. The highest BCUT2D eigenvalue weighted by atomic mass is 127. The number of carbonyl (C=O) groups excluding carboxylic acids is 3. The minimum atomic E-state index is -1.07. The molecule has 3 aliphatic rings. The fraction of sp³-hybridized carbons (Fsp3) is 0.552. The molecule has 3 amide bonds. The van der Waals surface area contributed by atoms with Crippen molar-refractivity contribution in [3.05, 3.63) is 38.0 Å². The number of phenols is 1. The lowest BCUT2D eigenvalue weighted by molar-refractivity contribution is -0.137. The second kappa shape index (κ2) is 13.1. The predicted molar refractivity (Wildman–Crippen MR) is 158 cm³/mol. The normalized spacial score (nSPS) is 24.8. The van der Waals surface area contributed by atoms with E-state index in [4.69, 9.17) is 14.1 Å². The monoisotopic (exact) mass is 665 g/mol. The van der Waals surface area contributed by atoms with Crippen molar-refractivity contribution in [2.75, 3.05) is 14.2 Å². The van der Waals surface area contributed by atoms with Crippen molar-refractivity contribution in [2.24, 2.45) is 17.8 Å². The van der Waals surface area contributed by atoms with Gasteiger partial charge in [-0.1, -0.05) is 43.9 Å². The highest BCUT2D eigenvalue weighted by molar-refractivity contribution is 14.1. The van der Waals surface area contributed by atoms with Crippen LogP contribution in [0.2, 0.25) is 6.32 Å². The SMILES string of the molecule is CCCC1=C2[C@@H](CC/C(=C/c3cc(I)c(O)c(OC)c3)CCC)OB(O)C[C@@H]2[C@@H]2C(=O)N(C(=O)OC)C(=O)[C@@H]2C1. The Kier molecular flexibility index (Phi) is 10.00. The molecule has 2 heterocycles. The molecule has 2 fully saturated rings.